The second kappa shape index (κ2) is 9.88. The van der Waals surface area contributed by atoms with Crippen molar-refractivity contribution in [2.45, 2.75) is 32.7 Å². The summed E-state index contributed by atoms with van der Waals surface area (Å²) in [5.74, 6) is 0.109. The van der Waals surface area contributed by atoms with Gasteiger partial charge in [0.05, 0.1) is 12.7 Å². The number of ether oxygens (including phenoxy) is 1. The third kappa shape index (κ3) is 6.02. The maximum absolute atomic E-state index is 12.4. The first-order valence-corrected chi connectivity index (χ1v) is 11.4. The van der Waals surface area contributed by atoms with Gasteiger partial charge in [0, 0.05) is 36.4 Å². The van der Waals surface area contributed by atoms with Crippen molar-refractivity contribution < 1.29 is 22.4 Å². The summed E-state index contributed by atoms with van der Waals surface area (Å²) in [6, 6.07) is 11.1. The van der Waals surface area contributed by atoms with E-state index in [1.54, 1.807) is 10.9 Å². The number of benzene rings is 1. The van der Waals surface area contributed by atoms with Gasteiger partial charge in [0.2, 0.25) is 5.82 Å². The van der Waals surface area contributed by atoms with Crippen LogP contribution in [0.25, 0.3) is 23.0 Å². The molecule has 0 aliphatic carbocycles. The number of aromatic nitrogens is 7. The molecule has 0 aliphatic rings. The topological polar surface area (TPSA) is 96.7 Å². The lowest BCUT2D eigenvalue weighted by molar-refractivity contribution is -0.274. The fourth-order valence-electron chi connectivity index (χ4n) is 3.83. The van der Waals surface area contributed by atoms with Crippen LogP contribution in [0, 0.1) is 6.92 Å². The molecule has 0 saturated heterocycles. The Kier molecular flexibility index (Phi) is 6.47. The van der Waals surface area contributed by atoms with E-state index in [1.807, 2.05) is 43.2 Å². The molecule has 0 amide bonds. The monoisotopic (exact) mass is 509 g/mol. The predicted octanol–water partition coefficient (Wildman–Crippen LogP) is 4.77. The molecule has 0 fully saturated rings. The lowest BCUT2D eigenvalue weighted by atomic mass is 10.1. The van der Waals surface area contributed by atoms with Gasteiger partial charge < -0.3 is 9.26 Å². The molecule has 0 N–H and O–H groups in total. The fourth-order valence-corrected chi connectivity index (χ4v) is 3.83. The van der Waals surface area contributed by atoms with Crippen molar-refractivity contribution in [3.8, 4) is 28.7 Å². The number of rotatable bonds is 8. The van der Waals surface area contributed by atoms with Crippen LogP contribution in [0.2, 0.25) is 0 Å². The molecule has 4 heterocycles. The second-order valence-corrected chi connectivity index (χ2v) is 8.50. The summed E-state index contributed by atoms with van der Waals surface area (Å²) in [4.78, 5) is 8.83. The lowest BCUT2D eigenvalue weighted by Gasteiger charge is -2.08. The van der Waals surface area contributed by atoms with Crippen LogP contribution in [0.15, 0.2) is 65.6 Å². The average molecular weight is 509 g/mol. The Bertz CT molecular complexity index is 1500. The van der Waals surface area contributed by atoms with Crippen LogP contribution < -0.4 is 4.74 Å². The van der Waals surface area contributed by atoms with Gasteiger partial charge in [-0.1, -0.05) is 5.16 Å². The zero-order chi connectivity index (χ0) is 26.0. The van der Waals surface area contributed by atoms with E-state index in [1.165, 1.54) is 24.3 Å². The molecule has 0 saturated carbocycles. The Morgan fingerprint density at radius 3 is 2.57 bits per heavy atom. The molecule has 0 spiro atoms. The number of hydrogen-bond donors (Lipinski definition) is 0. The van der Waals surface area contributed by atoms with E-state index in [-0.39, 0.29) is 17.5 Å². The first-order valence-electron chi connectivity index (χ1n) is 11.4. The van der Waals surface area contributed by atoms with Crippen molar-refractivity contribution in [1.82, 2.24) is 34.7 Å². The minimum absolute atomic E-state index is 0.208. The highest BCUT2D eigenvalue weighted by Crippen LogP contribution is 2.27. The maximum Gasteiger partial charge on any atom is 0.573 e. The molecule has 5 aromatic rings. The van der Waals surface area contributed by atoms with Gasteiger partial charge in [-0.25, -0.2) is 0 Å². The van der Waals surface area contributed by atoms with Gasteiger partial charge in [-0.15, -0.1) is 13.2 Å². The number of nitrogens with zero attached hydrogens (tertiary/aromatic N) is 7. The van der Waals surface area contributed by atoms with Crippen molar-refractivity contribution in [2.24, 2.45) is 7.05 Å². The van der Waals surface area contributed by atoms with Crippen molar-refractivity contribution in [2.75, 3.05) is 0 Å². The molecule has 4 aromatic heterocycles. The highest BCUT2D eigenvalue weighted by molar-refractivity contribution is 5.58. The normalized spacial score (nSPS) is 11.7. The quantitative estimate of drug-likeness (QED) is 0.297. The molecule has 5 rings (SSSR count). The third-order valence-corrected chi connectivity index (χ3v) is 5.61. The SMILES string of the molecule is Cc1cc(-c2nc(-c3ccc(OC(F)(F)F)cc3)no2)nn1Cc1ccnc(CCc2cnn(C)c2)c1. The number of alkyl halides is 3. The van der Waals surface area contributed by atoms with Crippen molar-refractivity contribution in [3.63, 3.8) is 0 Å². The first kappa shape index (κ1) is 24.2. The molecule has 0 unspecified atom stereocenters. The molecule has 0 bridgehead atoms. The van der Waals surface area contributed by atoms with Crippen LogP contribution in [0.5, 0.6) is 5.75 Å². The van der Waals surface area contributed by atoms with E-state index in [9.17, 15) is 13.2 Å². The van der Waals surface area contributed by atoms with Gasteiger partial charge >= 0.3 is 6.36 Å². The second-order valence-electron chi connectivity index (χ2n) is 8.50. The number of pyridine rings is 1. The number of aryl methyl sites for hydroxylation is 4. The molecule has 0 atom stereocenters. The predicted molar refractivity (Wildman–Crippen MR) is 126 cm³/mol. The van der Waals surface area contributed by atoms with E-state index < -0.39 is 6.36 Å². The van der Waals surface area contributed by atoms with Gasteiger partial charge in [-0.3, -0.25) is 14.3 Å². The summed E-state index contributed by atoms with van der Waals surface area (Å²) in [5, 5.41) is 12.7. The Morgan fingerprint density at radius 2 is 1.84 bits per heavy atom. The van der Waals surface area contributed by atoms with Crippen molar-refractivity contribution in [1.29, 1.82) is 0 Å². The number of halogens is 3. The van der Waals surface area contributed by atoms with Gasteiger partial charge in [0.1, 0.15) is 5.75 Å². The van der Waals surface area contributed by atoms with E-state index in [2.05, 4.69) is 36.1 Å². The molecule has 0 radical (unpaired) electrons. The summed E-state index contributed by atoms with van der Waals surface area (Å²) < 4.78 is 50.0. The zero-order valence-corrected chi connectivity index (χ0v) is 20.0. The summed E-state index contributed by atoms with van der Waals surface area (Å²) >= 11 is 0. The average Bonchev–Trinajstić information content (AvgIpc) is 3.58. The van der Waals surface area contributed by atoms with Crippen LogP contribution >= 0.6 is 0 Å². The number of hydrogen-bond acceptors (Lipinski definition) is 7. The molecule has 9 nitrogen and oxygen atoms in total. The zero-order valence-electron chi connectivity index (χ0n) is 20.0. The summed E-state index contributed by atoms with van der Waals surface area (Å²) in [7, 11) is 1.90. The Labute approximate surface area is 209 Å². The highest BCUT2D eigenvalue weighted by atomic mass is 19.4. The standard InChI is InChI=1S/C25H22F3N7O2/c1-16-11-22(24-31-23(33-37-24)19-4-7-21(8-5-19)36-25(26,27)28)32-35(16)15-17-9-10-29-20(12-17)6-3-18-13-30-34(2)14-18/h4-5,7-14H,3,6,15H2,1-2H3. The lowest BCUT2D eigenvalue weighted by Crippen LogP contribution is -2.16. The molecular weight excluding hydrogens is 487 g/mol. The van der Waals surface area contributed by atoms with E-state index in [0.717, 1.165) is 35.4 Å². The van der Waals surface area contributed by atoms with Crippen LogP contribution in [0.3, 0.4) is 0 Å². The van der Waals surface area contributed by atoms with E-state index in [4.69, 9.17) is 4.52 Å². The molecule has 37 heavy (non-hydrogen) atoms. The van der Waals surface area contributed by atoms with E-state index >= 15 is 0 Å². The Hall–Kier alpha value is -4.48. The molecule has 190 valence electrons. The Morgan fingerprint density at radius 1 is 1.03 bits per heavy atom. The molecular formula is C25H22F3N7O2. The largest absolute Gasteiger partial charge is 0.573 e. The van der Waals surface area contributed by atoms with Crippen molar-refractivity contribution in [3.05, 3.63) is 83.6 Å². The summed E-state index contributed by atoms with van der Waals surface area (Å²) in [6.45, 7) is 2.47. The smallest absolute Gasteiger partial charge is 0.406 e. The van der Waals surface area contributed by atoms with Gasteiger partial charge in [-0.2, -0.15) is 15.2 Å². The van der Waals surface area contributed by atoms with E-state index in [0.29, 0.717) is 17.8 Å². The van der Waals surface area contributed by atoms with Gasteiger partial charge in [0.25, 0.3) is 5.89 Å². The van der Waals surface area contributed by atoms with Crippen LogP contribution in [0.4, 0.5) is 13.2 Å². The summed E-state index contributed by atoms with van der Waals surface area (Å²) in [5.41, 5.74) is 5.08. The minimum atomic E-state index is -4.75. The third-order valence-electron chi connectivity index (χ3n) is 5.61. The van der Waals surface area contributed by atoms with Crippen LogP contribution in [-0.4, -0.2) is 41.0 Å². The van der Waals surface area contributed by atoms with Gasteiger partial charge in [-0.05, 0) is 73.4 Å². The molecule has 1 aromatic carbocycles. The van der Waals surface area contributed by atoms with Gasteiger partial charge in [0.15, 0.2) is 5.69 Å². The highest BCUT2D eigenvalue weighted by Gasteiger charge is 2.31. The summed E-state index contributed by atoms with van der Waals surface area (Å²) in [6.07, 6.45) is 2.56. The first-order chi connectivity index (χ1) is 17.7. The molecule has 0 aliphatic heterocycles. The minimum Gasteiger partial charge on any atom is -0.406 e. The molecule has 12 heteroatoms. The fraction of sp³-hybridized carbons (Fsp3) is 0.240. The van der Waals surface area contributed by atoms with Crippen LogP contribution in [0.1, 0.15) is 22.5 Å². The Balaban J connectivity index is 1.27. The van der Waals surface area contributed by atoms with Crippen LogP contribution in [-0.2, 0) is 26.4 Å². The maximum atomic E-state index is 12.4. The van der Waals surface area contributed by atoms with Crippen molar-refractivity contribution >= 4 is 0 Å².